The van der Waals surface area contributed by atoms with Gasteiger partial charge in [-0.2, -0.15) is 0 Å². The molecule has 0 bridgehead atoms. The lowest BCUT2D eigenvalue weighted by molar-refractivity contribution is -0.149. The lowest BCUT2D eigenvalue weighted by Gasteiger charge is -2.28. The standard InChI is InChI=1S/C13H25N3O4/c1-5-13(6-2,11(18)19)7-15-10(17)9(8(3)4)16-12(14)20/h8-9H,5-7H2,1-4H3,(H,15,17)(H,18,19)(H3,14,16,20). The maximum absolute atomic E-state index is 12.0. The van der Waals surface area contributed by atoms with Crippen molar-refractivity contribution in [1.29, 1.82) is 0 Å². The van der Waals surface area contributed by atoms with Gasteiger partial charge in [0.15, 0.2) is 0 Å². The first-order valence-corrected chi connectivity index (χ1v) is 6.77. The van der Waals surface area contributed by atoms with Gasteiger partial charge in [0.2, 0.25) is 5.91 Å². The van der Waals surface area contributed by atoms with Gasteiger partial charge in [-0.05, 0) is 18.8 Å². The molecule has 7 nitrogen and oxygen atoms in total. The number of carbonyl (C=O) groups excluding carboxylic acids is 2. The monoisotopic (exact) mass is 287 g/mol. The number of aliphatic carboxylic acids is 1. The molecule has 0 saturated carbocycles. The van der Waals surface area contributed by atoms with Crippen LogP contribution in [0.15, 0.2) is 0 Å². The molecule has 0 aliphatic heterocycles. The van der Waals surface area contributed by atoms with E-state index in [4.69, 9.17) is 5.73 Å². The van der Waals surface area contributed by atoms with E-state index in [9.17, 15) is 19.5 Å². The number of hydrogen-bond acceptors (Lipinski definition) is 3. The predicted octanol–water partition coefficient (Wildman–Crippen LogP) is 0.687. The van der Waals surface area contributed by atoms with E-state index in [0.29, 0.717) is 12.8 Å². The molecule has 0 heterocycles. The minimum absolute atomic E-state index is 0.0256. The van der Waals surface area contributed by atoms with Crippen molar-refractivity contribution in [1.82, 2.24) is 10.6 Å². The lowest BCUT2D eigenvalue weighted by atomic mass is 9.82. The Balaban J connectivity index is 4.80. The molecule has 1 atom stereocenters. The number of amides is 3. The molecule has 0 aliphatic carbocycles. The van der Waals surface area contributed by atoms with Crippen molar-refractivity contribution in [2.24, 2.45) is 17.1 Å². The second-order valence-electron chi connectivity index (χ2n) is 5.24. The molecule has 1 unspecified atom stereocenters. The molecular weight excluding hydrogens is 262 g/mol. The molecule has 0 radical (unpaired) electrons. The number of carboxylic acids is 1. The molecule has 5 N–H and O–H groups in total. The summed E-state index contributed by atoms with van der Waals surface area (Å²) < 4.78 is 0. The number of rotatable bonds is 8. The molecule has 0 aromatic heterocycles. The van der Waals surface area contributed by atoms with Crippen molar-refractivity contribution in [2.45, 2.75) is 46.6 Å². The third-order valence-electron chi connectivity index (χ3n) is 3.66. The van der Waals surface area contributed by atoms with Gasteiger partial charge in [0.05, 0.1) is 5.41 Å². The highest BCUT2D eigenvalue weighted by Gasteiger charge is 2.36. The number of hydrogen-bond donors (Lipinski definition) is 4. The van der Waals surface area contributed by atoms with Gasteiger partial charge in [-0.25, -0.2) is 4.79 Å². The van der Waals surface area contributed by atoms with E-state index in [-0.39, 0.29) is 12.5 Å². The Morgan fingerprint density at radius 2 is 1.70 bits per heavy atom. The second-order valence-corrected chi connectivity index (χ2v) is 5.24. The van der Waals surface area contributed by atoms with Gasteiger partial charge < -0.3 is 21.5 Å². The Labute approximate surface area is 119 Å². The molecular formula is C13H25N3O4. The van der Waals surface area contributed by atoms with Gasteiger partial charge in [0.25, 0.3) is 0 Å². The van der Waals surface area contributed by atoms with Crippen molar-refractivity contribution in [2.75, 3.05) is 6.54 Å². The van der Waals surface area contributed by atoms with Crippen LogP contribution in [0, 0.1) is 11.3 Å². The predicted molar refractivity (Wildman–Crippen MR) is 75.0 cm³/mol. The van der Waals surface area contributed by atoms with Gasteiger partial charge >= 0.3 is 12.0 Å². The van der Waals surface area contributed by atoms with Gasteiger partial charge in [-0.15, -0.1) is 0 Å². The van der Waals surface area contributed by atoms with E-state index in [1.54, 1.807) is 27.7 Å². The molecule has 3 amide bonds. The number of carbonyl (C=O) groups is 3. The highest BCUT2D eigenvalue weighted by molar-refractivity contribution is 5.87. The second kappa shape index (κ2) is 7.72. The molecule has 116 valence electrons. The molecule has 20 heavy (non-hydrogen) atoms. The number of primary amides is 1. The van der Waals surface area contributed by atoms with Crippen LogP contribution in [0.2, 0.25) is 0 Å². The zero-order valence-corrected chi connectivity index (χ0v) is 12.5. The molecule has 0 aromatic rings. The largest absolute Gasteiger partial charge is 0.481 e. The Kier molecular flexibility index (Phi) is 7.02. The molecule has 7 heteroatoms. The summed E-state index contributed by atoms with van der Waals surface area (Å²) in [6.07, 6.45) is 0.823. The van der Waals surface area contributed by atoms with Gasteiger partial charge in [-0.3, -0.25) is 9.59 Å². The van der Waals surface area contributed by atoms with Crippen molar-refractivity contribution in [3.05, 3.63) is 0 Å². The molecule has 0 aromatic carbocycles. The Morgan fingerprint density at radius 3 is 2.00 bits per heavy atom. The van der Waals surface area contributed by atoms with E-state index >= 15 is 0 Å². The summed E-state index contributed by atoms with van der Waals surface area (Å²) in [5, 5.41) is 14.3. The van der Waals surface area contributed by atoms with Crippen molar-refractivity contribution in [3.63, 3.8) is 0 Å². The van der Waals surface area contributed by atoms with Gasteiger partial charge in [0.1, 0.15) is 6.04 Å². The zero-order valence-electron chi connectivity index (χ0n) is 12.5. The van der Waals surface area contributed by atoms with Crippen molar-refractivity contribution >= 4 is 17.9 Å². The highest BCUT2D eigenvalue weighted by Crippen LogP contribution is 2.25. The fourth-order valence-corrected chi connectivity index (χ4v) is 1.93. The average molecular weight is 287 g/mol. The minimum atomic E-state index is -0.982. The Bertz CT molecular complexity index is 365. The third kappa shape index (κ3) is 4.71. The number of urea groups is 1. The summed E-state index contributed by atoms with van der Waals surface area (Å²) in [6.45, 7) is 7.10. The van der Waals surface area contributed by atoms with E-state index in [2.05, 4.69) is 10.6 Å². The highest BCUT2D eigenvalue weighted by atomic mass is 16.4. The summed E-state index contributed by atoms with van der Waals surface area (Å²) in [4.78, 5) is 34.3. The summed E-state index contributed by atoms with van der Waals surface area (Å²) in [5.41, 5.74) is 4.05. The van der Waals surface area contributed by atoms with E-state index in [0.717, 1.165) is 0 Å². The van der Waals surface area contributed by atoms with Gasteiger partial charge in [-0.1, -0.05) is 27.7 Å². The SMILES string of the molecule is CCC(CC)(CNC(=O)C(NC(N)=O)C(C)C)C(=O)O. The molecule has 0 rings (SSSR count). The van der Waals surface area contributed by atoms with Crippen LogP contribution in [0.25, 0.3) is 0 Å². The first-order valence-electron chi connectivity index (χ1n) is 6.77. The van der Waals surface area contributed by atoms with E-state index < -0.39 is 29.4 Å². The number of nitrogens with one attached hydrogen (secondary N) is 2. The number of carboxylic acid groups (broad SMARTS) is 1. The normalized spacial score (nSPS) is 12.8. The van der Waals surface area contributed by atoms with E-state index in [1.807, 2.05) is 0 Å². The molecule has 0 spiro atoms. The molecule has 0 fully saturated rings. The van der Waals surface area contributed by atoms with Crippen molar-refractivity contribution in [3.8, 4) is 0 Å². The van der Waals surface area contributed by atoms with Crippen LogP contribution < -0.4 is 16.4 Å². The Hall–Kier alpha value is -1.79. The smallest absolute Gasteiger partial charge is 0.312 e. The van der Waals surface area contributed by atoms with Crippen molar-refractivity contribution < 1.29 is 19.5 Å². The summed E-state index contributed by atoms with van der Waals surface area (Å²) in [7, 11) is 0. The number of nitrogens with two attached hydrogens (primary N) is 1. The molecule has 0 aliphatic rings. The topological polar surface area (TPSA) is 122 Å². The minimum Gasteiger partial charge on any atom is -0.481 e. The Morgan fingerprint density at radius 1 is 1.20 bits per heavy atom. The van der Waals surface area contributed by atoms with Crippen LogP contribution in [0.3, 0.4) is 0 Å². The first-order chi connectivity index (χ1) is 9.20. The van der Waals surface area contributed by atoms with Crippen LogP contribution in [0.1, 0.15) is 40.5 Å². The van der Waals surface area contributed by atoms with Crippen LogP contribution >= 0.6 is 0 Å². The quantitative estimate of drug-likeness (QED) is 0.524. The van der Waals surface area contributed by atoms with Gasteiger partial charge in [0, 0.05) is 6.54 Å². The first kappa shape index (κ1) is 18.2. The van der Waals surface area contributed by atoms with E-state index in [1.165, 1.54) is 0 Å². The average Bonchev–Trinajstić information content (AvgIpc) is 2.36. The van der Waals surface area contributed by atoms with Crippen LogP contribution in [-0.2, 0) is 9.59 Å². The summed E-state index contributed by atoms with van der Waals surface area (Å²) >= 11 is 0. The summed E-state index contributed by atoms with van der Waals surface area (Å²) in [6, 6.07) is -1.55. The van der Waals surface area contributed by atoms with Crippen LogP contribution in [0.5, 0.6) is 0 Å². The fourth-order valence-electron chi connectivity index (χ4n) is 1.93. The fraction of sp³-hybridized carbons (Fsp3) is 0.769. The summed E-state index contributed by atoms with van der Waals surface area (Å²) in [5.74, 6) is -1.51. The lowest BCUT2D eigenvalue weighted by Crippen LogP contribution is -2.53. The maximum atomic E-state index is 12.0. The van der Waals surface area contributed by atoms with Crippen LogP contribution in [-0.4, -0.2) is 35.6 Å². The van der Waals surface area contributed by atoms with Crippen LogP contribution in [0.4, 0.5) is 4.79 Å². The third-order valence-corrected chi connectivity index (χ3v) is 3.66. The zero-order chi connectivity index (χ0) is 15.9. The molecule has 0 saturated heterocycles. The maximum Gasteiger partial charge on any atom is 0.312 e.